The number of carbonyl (C=O) groups excluding carboxylic acids is 2. The van der Waals surface area contributed by atoms with Crippen LogP contribution in [-0.4, -0.2) is 45.8 Å². The number of hydrogen-bond donors (Lipinski definition) is 2. The second-order valence-electron chi connectivity index (χ2n) is 6.79. The molecule has 1 saturated heterocycles. The van der Waals surface area contributed by atoms with Gasteiger partial charge in [0.05, 0.1) is 18.2 Å². The van der Waals surface area contributed by atoms with Crippen LogP contribution >= 0.6 is 11.6 Å². The number of aromatic hydroxyl groups is 1. The Morgan fingerprint density at radius 1 is 1.38 bits per heavy atom. The van der Waals surface area contributed by atoms with Gasteiger partial charge in [-0.25, -0.2) is 4.39 Å². The van der Waals surface area contributed by atoms with Gasteiger partial charge in [0.15, 0.2) is 17.7 Å². The maximum absolute atomic E-state index is 14.0. The van der Waals surface area contributed by atoms with Crippen molar-refractivity contribution in [1.82, 2.24) is 14.8 Å². The SMILES string of the molecule is O=C(NCc1cccc(Cl)c1F)c1cn2c(c(O)c1=O)C(=O)N1CCCOC1C2. The Morgan fingerprint density at radius 2 is 2.17 bits per heavy atom. The van der Waals surface area contributed by atoms with Gasteiger partial charge in [-0.3, -0.25) is 14.4 Å². The summed E-state index contributed by atoms with van der Waals surface area (Å²) in [5, 5.41) is 12.7. The molecule has 3 heterocycles. The molecule has 29 heavy (non-hydrogen) atoms. The molecule has 10 heteroatoms. The van der Waals surface area contributed by atoms with Crippen LogP contribution in [0.25, 0.3) is 0 Å². The van der Waals surface area contributed by atoms with E-state index in [0.717, 1.165) is 0 Å². The number of amides is 2. The number of rotatable bonds is 3. The van der Waals surface area contributed by atoms with Crippen LogP contribution in [0.4, 0.5) is 4.39 Å². The maximum Gasteiger partial charge on any atom is 0.276 e. The summed E-state index contributed by atoms with van der Waals surface area (Å²) < 4.78 is 20.9. The molecule has 0 radical (unpaired) electrons. The van der Waals surface area contributed by atoms with Crippen molar-refractivity contribution in [2.45, 2.75) is 25.7 Å². The summed E-state index contributed by atoms with van der Waals surface area (Å²) in [5.41, 5.74) is -1.35. The minimum Gasteiger partial charge on any atom is -0.503 e. The molecule has 152 valence electrons. The quantitative estimate of drug-likeness (QED) is 0.781. The van der Waals surface area contributed by atoms with Crippen LogP contribution in [0.15, 0.2) is 29.2 Å². The van der Waals surface area contributed by atoms with Gasteiger partial charge < -0.3 is 24.6 Å². The molecule has 4 rings (SSSR count). The maximum atomic E-state index is 14.0. The van der Waals surface area contributed by atoms with Crippen molar-refractivity contribution in [1.29, 1.82) is 0 Å². The molecule has 0 bridgehead atoms. The van der Waals surface area contributed by atoms with Gasteiger partial charge in [-0.15, -0.1) is 0 Å². The summed E-state index contributed by atoms with van der Waals surface area (Å²) >= 11 is 5.72. The molecule has 0 saturated carbocycles. The molecular weight excluding hydrogens is 405 g/mol. The molecule has 2 amide bonds. The van der Waals surface area contributed by atoms with Gasteiger partial charge in [0, 0.05) is 24.8 Å². The number of nitrogens with zero attached hydrogens (tertiary/aromatic N) is 2. The standard InChI is InChI=1S/C19H17ClFN3O5/c20-12-4-1-3-10(14(12)21)7-22-18(27)11-8-23-9-13-24(5-2-6-29-13)19(28)15(23)17(26)16(11)25/h1,3-4,8,13,26H,2,5-7,9H2,(H,22,27). The Bertz CT molecular complexity index is 1070. The van der Waals surface area contributed by atoms with Crippen molar-refractivity contribution in [3.05, 3.63) is 62.3 Å². The van der Waals surface area contributed by atoms with Crippen LogP contribution < -0.4 is 10.7 Å². The molecule has 0 aliphatic carbocycles. The molecular formula is C19H17ClFN3O5. The van der Waals surface area contributed by atoms with Crippen molar-refractivity contribution < 1.29 is 23.8 Å². The van der Waals surface area contributed by atoms with Crippen LogP contribution in [0.5, 0.6) is 5.75 Å². The first kappa shape index (κ1) is 19.4. The predicted octanol–water partition coefficient (Wildman–Crippen LogP) is 1.48. The van der Waals surface area contributed by atoms with Gasteiger partial charge in [0.2, 0.25) is 5.43 Å². The van der Waals surface area contributed by atoms with Gasteiger partial charge in [-0.1, -0.05) is 23.7 Å². The Hall–Kier alpha value is -2.91. The smallest absolute Gasteiger partial charge is 0.276 e. The summed E-state index contributed by atoms with van der Waals surface area (Å²) in [5.74, 6) is -2.79. The van der Waals surface area contributed by atoms with E-state index in [2.05, 4.69) is 5.32 Å². The highest BCUT2D eigenvalue weighted by atomic mass is 35.5. The van der Waals surface area contributed by atoms with Crippen LogP contribution in [0, 0.1) is 5.82 Å². The number of pyridine rings is 1. The van der Waals surface area contributed by atoms with E-state index in [-0.39, 0.29) is 34.9 Å². The number of benzene rings is 1. The zero-order valence-corrected chi connectivity index (χ0v) is 15.9. The lowest BCUT2D eigenvalue weighted by Gasteiger charge is -2.40. The normalized spacial score (nSPS) is 18.2. The summed E-state index contributed by atoms with van der Waals surface area (Å²) in [6.07, 6.45) is 1.35. The van der Waals surface area contributed by atoms with Gasteiger partial charge >= 0.3 is 0 Å². The van der Waals surface area contributed by atoms with Crippen LogP contribution in [0.2, 0.25) is 5.02 Å². The highest BCUT2D eigenvalue weighted by Gasteiger charge is 2.38. The first-order valence-electron chi connectivity index (χ1n) is 8.98. The summed E-state index contributed by atoms with van der Waals surface area (Å²) in [6.45, 7) is 0.933. The Balaban J connectivity index is 1.63. The van der Waals surface area contributed by atoms with Crippen molar-refractivity contribution in [3.8, 4) is 5.75 Å². The number of carbonyl (C=O) groups is 2. The molecule has 2 N–H and O–H groups in total. The fourth-order valence-corrected chi connectivity index (χ4v) is 3.71. The monoisotopic (exact) mass is 421 g/mol. The van der Waals surface area contributed by atoms with E-state index in [4.69, 9.17) is 16.3 Å². The molecule has 2 aliphatic heterocycles. The lowest BCUT2D eigenvalue weighted by Crippen LogP contribution is -2.53. The van der Waals surface area contributed by atoms with Gasteiger partial charge in [0.1, 0.15) is 11.4 Å². The number of fused-ring (bicyclic) bond motifs is 2. The summed E-state index contributed by atoms with van der Waals surface area (Å²) in [4.78, 5) is 39.1. The van der Waals surface area contributed by atoms with E-state index < -0.39 is 35.0 Å². The minimum atomic E-state index is -0.968. The first-order chi connectivity index (χ1) is 13.9. The van der Waals surface area contributed by atoms with Crippen LogP contribution in [0.3, 0.4) is 0 Å². The van der Waals surface area contributed by atoms with E-state index >= 15 is 0 Å². The third-order valence-electron chi connectivity index (χ3n) is 4.99. The third-order valence-corrected chi connectivity index (χ3v) is 5.28. The molecule has 2 aromatic rings. The van der Waals surface area contributed by atoms with E-state index in [9.17, 15) is 23.9 Å². The number of halogens is 2. The van der Waals surface area contributed by atoms with E-state index in [1.165, 1.54) is 33.9 Å². The van der Waals surface area contributed by atoms with Crippen molar-refractivity contribution in [2.24, 2.45) is 0 Å². The minimum absolute atomic E-state index is 0.0845. The van der Waals surface area contributed by atoms with Crippen LogP contribution in [0.1, 0.15) is 32.8 Å². The Morgan fingerprint density at radius 3 is 2.97 bits per heavy atom. The largest absolute Gasteiger partial charge is 0.503 e. The molecule has 1 aromatic carbocycles. The highest BCUT2D eigenvalue weighted by molar-refractivity contribution is 6.30. The highest BCUT2D eigenvalue weighted by Crippen LogP contribution is 2.26. The third kappa shape index (κ3) is 3.36. The molecule has 2 aliphatic rings. The average Bonchev–Trinajstić information content (AvgIpc) is 2.71. The molecule has 1 atom stereocenters. The second kappa shape index (κ2) is 7.49. The zero-order valence-electron chi connectivity index (χ0n) is 15.2. The van der Waals surface area contributed by atoms with E-state index in [1.807, 2.05) is 0 Å². The fourth-order valence-electron chi connectivity index (χ4n) is 3.51. The fraction of sp³-hybridized carbons (Fsp3) is 0.316. The molecule has 1 aromatic heterocycles. The molecule has 8 nitrogen and oxygen atoms in total. The van der Waals surface area contributed by atoms with Crippen molar-refractivity contribution in [3.63, 3.8) is 0 Å². The van der Waals surface area contributed by atoms with E-state index in [1.54, 1.807) is 0 Å². The number of aromatic nitrogens is 1. The number of ether oxygens (including phenoxy) is 1. The predicted molar refractivity (Wildman–Crippen MR) is 100 cm³/mol. The van der Waals surface area contributed by atoms with Crippen molar-refractivity contribution >= 4 is 23.4 Å². The number of nitrogens with one attached hydrogen (secondary N) is 1. The zero-order chi connectivity index (χ0) is 20.7. The topological polar surface area (TPSA) is 101 Å². The first-order valence-corrected chi connectivity index (χ1v) is 9.36. The number of hydrogen-bond acceptors (Lipinski definition) is 5. The molecule has 0 spiro atoms. The van der Waals surface area contributed by atoms with Crippen LogP contribution in [-0.2, 0) is 17.8 Å². The summed E-state index contributed by atoms with van der Waals surface area (Å²) in [6, 6.07) is 4.37. The van der Waals surface area contributed by atoms with Crippen molar-refractivity contribution in [2.75, 3.05) is 13.2 Å². The average molecular weight is 422 g/mol. The van der Waals surface area contributed by atoms with Gasteiger partial charge in [-0.2, -0.15) is 0 Å². The molecule has 1 fully saturated rings. The van der Waals surface area contributed by atoms with E-state index in [0.29, 0.717) is 19.6 Å². The Labute approximate surface area is 169 Å². The van der Waals surface area contributed by atoms with Gasteiger partial charge in [0.25, 0.3) is 11.8 Å². The Kier molecular flexibility index (Phi) is 5.01. The summed E-state index contributed by atoms with van der Waals surface area (Å²) in [7, 11) is 0. The second-order valence-corrected chi connectivity index (χ2v) is 7.20. The molecule has 1 unspecified atom stereocenters. The van der Waals surface area contributed by atoms with Gasteiger partial charge in [-0.05, 0) is 12.5 Å². The lowest BCUT2D eigenvalue weighted by atomic mass is 10.1. The lowest BCUT2D eigenvalue weighted by molar-refractivity contribution is -0.0920.